The topological polar surface area (TPSA) is 33.1 Å². The number of aryl methyl sites for hydroxylation is 1. The van der Waals surface area contributed by atoms with Crippen molar-refractivity contribution in [2.24, 2.45) is 0 Å². The summed E-state index contributed by atoms with van der Waals surface area (Å²) in [6.45, 7) is 0. The van der Waals surface area contributed by atoms with Crippen molar-refractivity contribution in [2.75, 3.05) is 0 Å². The van der Waals surface area contributed by atoms with Crippen LogP contribution in [0.15, 0.2) is 34.4 Å². The van der Waals surface area contributed by atoms with Gasteiger partial charge >= 0.3 is 0 Å². The van der Waals surface area contributed by atoms with Crippen LogP contribution in [0.1, 0.15) is 22.4 Å². The molecule has 18 heavy (non-hydrogen) atoms. The summed E-state index contributed by atoms with van der Waals surface area (Å²) in [5, 5.41) is 10.7. The van der Waals surface area contributed by atoms with Gasteiger partial charge in [-0.3, -0.25) is 4.98 Å². The van der Waals surface area contributed by atoms with Crippen LogP contribution in [0, 0.1) is 0 Å². The van der Waals surface area contributed by atoms with E-state index in [4.69, 9.17) is 0 Å². The van der Waals surface area contributed by atoms with Gasteiger partial charge < -0.3 is 5.11 Å². The van der Waals surface area contributed by atoms with Gasteiger partial charge in [-0.05, 0) is 36.1 Å². The van der Waals surface area contributed by atoms with Gasteiger partial charge in [-0.1, -0.05) is 22.0 Å². The predicted molar refractivity (Wildman–Crippen MR) is 76.9 cm³/mol. The van der Waals surface area contributed by atoms with Crippen molar-refractivity contribution >= 4 is 27.3 Å². The normalized spacial score (nSPS) is 22.8. The highest BCUT2D eigenvalue weighted by molar-refractivity contribution is 9.10. The molecule has 0 saturated heterocycles. The van der Waals surface area contributed by atoms with Crippen LogP contribution in [0.25, 0.3) is 0 Å². The highest BCUT2D eigenvalue weighted by atomic mass is 79.9. The summed E-state index contributed by atoms with van der Waals surface area (Å²) in [7, 11) is 0. The summed E-state index contributed by atoms with van der Waals surface area (Å²) in [6.07, 6.45) is 5.10. The van der Waals surface area contributed by atoms with Gasteiger partial charge in [0.05, 0.1) is 11.1 Å². The molecule has 0 radical (unpaired) electrons. The van der Waals surface area contributed by atoms with E-state index in [1.165, 1.54) is 11.1 Å². The maximum absolute atomic E-state index is 10.7. The van der Waals surface area contributed by atoms with Crippen LogP contribution in [0.4, 0.5) is 0 Å². The monoisotopic (exact) mass is 323 g/mol. The quantitative estimate of drug-likeness (QED) is 0.919. The number of hydrogen-bond donors (Lipinski definition) is 1. The number of aliphatic hydroxyl groups is 1. The first-order chi connectivity index (χ1) is 8.65. The molecule has 3 rings (SSSR count). The molecule has 1 aliphatic rings. The Morgan fingerprint density at radius 1 is 1.39 bits per heavy atom. The summed E-state index contributed by atoms with van der Waals surface area (Å²) < 4.78 is 1.12. The first-order valence-electron chi connectivity index (χ1n) is 6.02. The van der Waals surface area contributed by atoms with Gasteiger partial charge in [0.25, 0.3) is 0 Å². The molecule has 1 heterocycles. The minimum atomic E-state index is -0.604. The molecule has 4 heteroatoms. The SMILES string of the molecule is OC1(Cc2cncs2)CCc2cc(Br)ccc2C1. The third kappa shape index (κ3) is 2.51. The van der Waals surface area contributed by atoms with Crippen LogP contribution in [0.5, 0.6) is 0 Å². The lowest BCUT2D eigenvalue weighted by Crippen LogP contribution is -2.37. The number of rotatable bonds is 2. The summed E-state index contributed by atoms with van der Waals surface area (Å²) in [4.78, 5) is 5.24. The number of thiazole rings is 1. The molecule has 1 unspecified atom stereocenters. The van der Waals surface area contributed by atoms with E-state index in [2.05, 4.69) is 39.1 Å². The van der Waals surface area contributed by atoms with Crippen LogP contribution < -0.4 is 0 Å². The summed E-state index contributed by atoms with van der Waals surface area (Å²) in [5.41, 5.74) is 3.86. The highest BCUT2D eigenvalue weighted by Crippen LogP contribution is 2.33. The van der Waals surface area contributed by atoms with E-state index in [-0.39, 0.29) is 0 Å². The summed E-state index contributed by atoms with van der Waals surface area (Å²) in [5.74, 6) is 0. The molecule has 0 aliphatic heterocycles. The van der Waals surface area contributed by atoms with E-state index < -0.39 is 5.60 Å². The average molecular weight is 324 g/mol. The van der Waals surface area contributed by atoms with E-state index in [9.17, 15) is 5.11 Å². The molecular weight excluding hydrogens is 310 g/mol. The molecule has 2 nitrogen and oxygen atoms in total. The lowest BCUT2D eigenvalue weighted by atomic mass is 9.78. The van der Waals surface area contributed by atoms with Gasteiger partial charge in [0.1, 0.15) is 0 Å². The van der Waals surface area contributed by atoms with E-state index in [1.807, 2.05) is 11.7 Å². The lowest BCUT2D eigenvalue weighted by molar-refractivity contribution is 0.0274. The van der Waals surface area contributed by atoms with Gasteiger partial charge in [-0.25, -0.2) is 0 Å². The molecule has 0 spiro atoms. The standard InChI is InChI=1S/C14H14BrNOS/c15-12-2-1-11-6-14(17,4-3-10(11)5-12)7-13-8-16-9-18-13/h1-2,5,8-9,17H,3-4,6-7H2. The maximum atomic E-state index is 10.7. The molecule has 0 amide bonds. The van der Waals surface area contributed by atoms with Crippen LogP contribution in [0.3, 0.4) is 0 Å². The van der Waals surface area contributed by atoms with Crippen molar-refractivity contribution in [1.29, 1.82) is 0 Å². The van der Waals surface area contributed by atoms with Crippen LogP contribution >= 0.6 is 27.3 Å². The number of fused-ring (bicyclic) bond motifs is 1. The molecule has 1 aliphatic carbocycles. The zero-order valence-electron chi connectivity index (χ0n) is 9.90. The third-order valence-corrected chi connectivity index (χ3v) is 4.81. The molecule has 94 valence electrons. The number of nitrogens with zero attached hydrogens (tertiary/aromatic N) is 1. The van der Waals surface area contributed by atoms with Crippen LogP contribution in [-0.4, -0.2) is 15.7 Å². The van der Waals surface area contributed by atoms with Gasteiger partial charge in [0, 0.05) is 28.4 Å². The second-order valence-electron chi connectivity index (χ2n) is 4.96. The second-order valence-corrected chi connectivity index (χ2v) is 6.85. The van der Waals surface area contributed by atoms with Gasteiger partial charge in [-0.2, -0.15) is 0 Å². The smallest absolute Gasteiger partial charge is 0.0794 e. The third-order valence-electron chi connectivity index (χ3n) is 3.53. The zero-order chi connectivity index (χ0) is 12.6. The van der Waals surface area contributed by atoms with Crippen molar-refractivity contribution in [2.45, 2.75) is 31.3 Å². The van der Waals surface area contributed by atoms with Crippen molar-refractivity contribution < 1.29 is 5.11 Å². The number of benzene rings is 1. The van der Waals surface area contributed by atoms with Crippen molar-refractivity contribution in [3.63, 3.8) is 0 Å². The van der Waals surface area contributed by atoms with Gasteiger partial charge in [0.15, 0.2) is 0 Å². The Morgan fingerprint density at radius 3 is 3.06 bits per heavy atom. The fourth-order valence-electron chi connectivity index (χ4n) is 2.61. The molecule has 0 fully saturated rings. The first kappa shape index (κ1) is 12.3. The minimum absolute atomic E-state index is 0.604. The minimum Gasteiger partial charge on any atom is -0.389 e. The molecular formula is C14H14BrNOS. The largest absolute Gasteiger partial charge is 0.389 e. The Labute approximate surface area is 119 Å². The van der Waals surface area contributed by atoms with E-state index >= 15 is 0 Å². The van der Waals surface area contributed by atoms with Gasteiger partial charge in [0.2, 0.25) is 0 Å². The van der Waals surface area contributed by atoms with Gasteiger partial charge in [-0.15, -0.1) is 11.3 Å². The van der Waals surface area contributed by atoms with Crippen LogP contribution in [-0.2, 0) is 19.3 Å². The highest BCUT2D eigenvalue weighted by Gasteiger charge is 2.32. The van der Waals surface area contributed by atoms with E-state index in [0.29, 0.717) is 6.42 Å². The van der Waals surface area contributed by atoms with Crippen LogP contribution in [0.2, 0.25) is 0 Å². The Kier molecular flexibility index (Phi) is 3.26. The summed E-state index contributed by atoms with van der Waals surface area (Å²) in [6, 6.07) is 6.34. The lowest BCUT2D eigenvalue weighted by Gasteiger charge is -2.33. The number of aromatic nitrogens is 1. The number of hydrogen-bond acceptors (Lipinski definition) is 3. The molecule has 0 bridgehead atoms. The van der Waals surface area contributed by atoms with E-state index in [0.717, 1.165) is 28.6 Å². The summed E-state index contributed by atoms with van der Waals surface area (Å²) >= 11 is 5.12. The Bertz CT molecular complexity index is 555. The van der Waals surface area contributed by atoms with Crippen molar-refractivity contribution in [1.82, 2.24) is 4.98 Å². The fraction of sp³-hybridized carbons (Fsp3) is 0.357. The molecule has 1 aromatic carbocycles. The zero-order valence-corrected chi connectivity index (χ0v) is 12.3. The number of halogens is 1. The van der Waals surface area contributed by atoms with Crippen molar-refractivity contribution in [3.05, 3.63) is 50.4 Å². The maximum Gasteiger partial charge on any atom is 0.0794 e. The fourth-order valence-corrected chi connectivity index (χ4v) is 3.75. The molecule has 1 aromatic heterocycles. The molecule has 0 saturated carbocycles. The van der Waals surface area contributed by atoms with E-state index in [1.54, 1.807) is 11.3 Å². The van der Waals surface area contributed by atoms with Crippen molar-refractivity contribution in [3.8, 4) is 0 Å². The Hall–Kier alpha value is -0.710. The second kappa shape index (κ2) is 4.76. The predicted octanol–water partition coefficient (Wildman–Crippen LogP) is 3.37. The average Bonchev–Trinajstić information content (AvgIpc) is 2.82. The Balaban J connectivity index is 1.83. The molecule has 1 atom stereocenters. The first-order valence-corrected chi connectivity index (χ1v) is 7.69. The Morgan fingerprint density at radius 2 is 2.28 bits per heavy atom. The molecule has 2 aromatic rings. The molecule has 1 N–H and O–H groups in total.